The molecule has 0 spiro atoms. The predicted octanol–water partition coefficient (Wildman–Crippen LogP) is 1.55. The lowest BCUT2D eigenvalue weighted by atomic mass is 10.1. The fraction of sp³-hybridized carbons (Fsp3) is 0.222. The number of hydrogen-bond acceptors (Lipinski definition) is 4. The van der Waals surface area contributed by atoms with E-state index < -0.39 is 4.92 Å². The van der Waals surface area contributed by atoms with Crippen LogP contribution >= 0.6 is 0 Å². The summed E-state index contributed by atoms with van der Waals surface area (Å²) in [5.74, 6) is 0. The molecule has 0 saturated heterocycles. The number of nitrogens with zero attached hydrogens (tertiary/aromatic N) is 1. The Bertz CT molecular complexity index is 362. The number of rotatable bonds is 4. The van der Waals surface area contributed by atoms with Crippen LogP contribution < -0.4 is 0 Å². The van der Waals surface area contributed by atoms with Gasteiger partial charge in [0.05, 0.1) is 11.5 Å². The van der Waals surface area contributed by atoms with Crippen LogP contribution in [0.15, 0.2) is 18.2 Å². The Labute approximate surface area is 80.5 Å². The SMILES string of the molecule is COCc1cc([N+](=O)[O-])ccc1C=O. The molecule has 0 aromatic heterocycles. The fourth-order valence-electron chi connectivity index (χ4n) is 1.10. The average molecular weight is 195 g/mol. The summed E-state index contributed by atoms with van der Waals surface area (Å²) in [7, 11) is 1.47. The molecular weight excluding hydrogens is 186 g/mol. The van der Waals surface area contributed by atoms with Crippen molar-refractivity contribution in [2.45, 2.75) is 6.61 Å². The zero-order chi connectivity index (χ0) is 10.6. The minimum Gasteiger partial charge on any atom is -0.380 e. The third-order valence-corrected chi connectivity index (χ3v) is 1.76. The highest BCUT2D eigenvalue weighted by molar-refractivity contribution is 5.77. The molecule has 1 aromatic rings. The molecule has 0 atom stereocenters. The zero-order valence-corrected chi connectivity index (χ0v) is 7.60. The Balaban J connectivity index is 3.13. The van der Waals surface area contributed by atoms with Crippen molar-refractivity contribution < 1.29 is 14.5 Å². The third-order valence-electron chi connectivity index (χ3n) is 1.76. The monoisotopic (exact) mass is 195 g/mol. The number of nitro benzene ring substituents is 1. The van der Waals surface area contributed by atoms with Crippen molar-refractivity contribution in [1.82, 2.24) is 0 Å². The number of carbonyl (C=O) groups is 1. The van der Waals surface area contributed by atoms with Crippen LogP contribution in [0.5, 0.6) is 0 Å². The van der Waals surface area contributed by atoms with Gasteiger partial charge in [0.1, 0.15) is 6.29 Å². The molecule has 0 radical (unpaired) electrons. The quantitative estimate of drug-likeness (QED) is 0.415. The second-order valence-corrected chi connectivity index (χ2v) is 2.69. The summed E-state index contributed by atoms with van der Waals surface area (Å²) < 4.78 is 4.82. The number of aldehydes is 1. The molecule has 0 bridgehead atoms. The van der Waals surface area contributed by atoms with E-state index in [9.17, 15) is 14.9 Å². The molecule has 0 saturated carbocycles. The van der Waals surface area contributed by atoms with E-state index in [4.69, 9.17) is 4.74 Å². The third kappa shape index (κ3) is 2.14. The van der Waals surface area contributed by atoms with Crippen LogP contribution in [0.3, 0.4) is 0 Å². The highest BCUT2D eigenvalue weighted by Gasteiger charge is 2.09. The molecule has 5 heteroatoms. The fourth-order valence-corrected chi connectivity index (χ4v) is 1.10. The lowest BCUT2D eigenvalue weighted by molar-refractivity contribution is -0.384. The number of carbonyl (C=O) groups excluding carboxylic acids is 1. The summed E-state index contributed by atoms with van der Waals surface area (Å²) in [5.41, 5.74) is 0.900. The van der Waals surface area contributed by atoms with Crippen molar-refractivity contribution in [3.63, 3.8) is 0 Å². The molecule has 14 heavy (non-hydrogen) atoms. The van der Waals surface area contributed by atoms with Crippen LogP contribution in [0.1, 0.15) is 15.9 Å². The highest BCUT2D eigenvalue weighted by atomic mass is 16.6. The molecule has 0 heterocycles. The highest BCUT2D eigenvalue weighted by Crippen LogP contribution is 2.17. The molecule has 0 amide bonds. The number of nitro groups is 1. The maximum atomic E-state index is 10.6. The summed E-state index contributed by atoms with van der Waals surface area (Å²) in [6.07, 6.45) is 0.651. The first-order valence-corrected chi connectivity index (χ1v) is 3.90. The average Bonchev–Trinajstić information content (AvgIpc) is 2.18. The van der Waals surface area contributed by atoms with Gasteiger partial charge < -0.3 is 4.74 Å². The van der Waals surface area contributed by atoms with E-state index in [1.807, 2.05) is 0 Å². The van der Waals surface area contributed by atoms with Gasteiger partial charge in [0, 0.05) is 24.8 Å². The van der Waals surface area contributed by atoms with Gasteiger partial charge in [-0.3, -0.25) is 14.9 Å². The lowest BCUT2D eigenvalue weighted by Gasteiger charge is -2.02. The number of benzene rings is 1. The Kier molecular flexibility index (Phi) is 3.30. The van der Waals surface area contributed by atoms with E-state index in [-0.39, 0.29) is 12.3 Å². The zero-order valence-electron chi connectivity index (χ0n) is 7.60. The largest absolute Gasteiger partial charge is 0.380 e. The number of methoxy groups -OCH3 is 1. The molecule has 0 N–H and O–H groups in total. The minimum absolute atomic E-state index is 0.0392. The van der Waals surface area contributed by atoms with Crippen molar-refractivity contribution >= 4 is 12.0 Å². The molecular formula is C9H9NO4. The van der Waals surface area contributed by atoms with Gasteiger partial charge >= 0.3 is 0 Å². The van der Waals surface area contributed by atoms with Crippen molar-refractivity contribution in [3.8, 4) is 0 Å². The van der Waals surface area contributed by atoms with E-state index in [0.717, 1.165) is 0 Å². The smallest absolute Gasteiger partial charge is 0.269 e. The van der Waals surface area contributed by atoms with Gasteiger partial charge in [-0.2, -0.15) is 0 Å². The molecule has 0 unspecified atom stereocenters. The molecule has 1 aromatic carbocycles. The van der Waals surface area contributed by atoms with Crippen molar-refractivity contribution in [2.75, 3.05) is 7.11 Å². The first kappa shape index (κ1) is 10.3. The van der Waals surface area contributed by atoms with Gasteiger partial charge in [-0.25, -0.2) is 0 Å². The number of hydrogen-bond donors (Lipinski definition) is 0. The van der Waals surface area contributed by atoms with Crippen LogP contribution in [0, 0.1) is 10.1 Å². The van der Waals surface area contributed by atoms with E-state index in [2.05, 4.69) is 0 Å². The summed E-state index contributed by atoms with van der Waals surface area (Å²) >= 11 is 0. The van der Waals surface area contributed by atoms with Gasteiger partial charge in [-0.15, -0.1) is 0 Å². The number of non-ortho nitro benzene ring substituents is 1. The van der Waals surface area contributed by atoms with Crippen LogP contribution in [-0.4, -0.2) is 18.3 Å². The Hall–Kier alpha value is -1.75. The van der Waals surface area contributed by atoms with E-state index in [1.54, 1.807) is 0 Å². The van der Waals surface area contributed by atoms with Gasteiger partial charge in [-0.1, -0.05) is 0 Å². The second-order valence-electron chi connectivity index (χ2n) is 2.69. The first-order chi connectivity index (χ1) is 6.69. The topological polar surface area (TPSA) is 69.4 Å². The molecule has 5 nitrogen and oxygen atoms in total. The summed E-state index contributed by atoms with van der Waals surface area (Å²) in [4.78, 5) is 20.5. The summed E-state index contributed by atoms with van der Waals surface area (Å²) in [6.45, 7) is 0.190. The Morgan fingerprint density at radius 2 is 2.29 bits per heavy atom. The summed E-state index contributed by atoms with van der Waals surface area (Å²) in [6, 6.07) is 4.05. The molecule has 0 fully saturated rings. The summed E-state index contributed by atoms with van der Waals surface area (Å²) in [5, 5.41) is 10.4. The van der Waals surface area contributed by atoms with Gasteiger partial charge in [-0.05, 0) is 11.6 Å². The standard InChI is InChI=1S/C9H9NO4/c1-14-6-8-4-9(10(12)13)3-2-7(8)5-11/h2-5H,6H2,1H3. The van der Waals surface area contributed by atoms with Gasteiger partial charge in [0.2, 0.25) is 0 Å². The second kappa shape index (κ2) is 4.48. The number of ether oxygens (including phenoxy) is 1. The van der Waals surface area contributed by atoms with Crippen LogP contribution in [0.4, 0.5) is 5.69 Å². The molecule has 74 valence electrons. The molecule has 0 aliphatic rings. The molecule has 0 aliphatic carbocycles. The Morgan fingerprint density at radius 1 is 1.57 bits per heavy atom. The normalized spacial score (nSPS) is 9.79. The van der Waals surface area contributed by atoms with Crippen LogP contribution in [0.25, 0.3) is 0 Å². The van der Waals surface area contributed by atoms with E-state index in [1.165, 1.54) is 25.3 Å². The first-order valence-electron chi connectivity index (χ1n) is 3.90. The van der Waals surface area contributed by atoms with Crippen molar-refractivity contribution in [3.05, 3.63) is 39.4 Å². The van der Waals surface area contributed by atoms with E-state index in [0.29, 0.717) is 17.4 Å². The van der Waals surface area contributed by atoms with Crippen LogP contribution in [-0.2, 0) is 11.3 Å². The predicted molar refractivity (Wildman–Crippen MR) is 49.2 cm³/mol. The molecule has 0 aliphatic heterocycles. The van der Waals surface area contributed by atoms with Gasteiger partial charge in [0.15, 0.2) is 0 Å². The maximum absolute atomic E-state index is 10.6. The maximum Gasteiger partial charge on any atom is 0.269 e. The van der Waals surface area contributed by atoms with Crippen molar-refractivity contribution in [2.24, 2.45) is 0 Å². The lowest BCUT2D eigenvalue weighted by Crippen LogP contribution is -1.97. The molecule has 1 rings (SSSR count). The van der Waals surface area contributed by atoms with Crippen LogP contribution in [0.2, 0.25) is 0 Å². The minimum atomic E-state index is -0.506. The van der Waals surface area contributed by atoms with E-state index >= 15 is 0 Å². The van der Waals surface area contributed by atoms with Gasteiger partial charge in [0.25, 0.3) is 5.69 Å². The Morgan fingerprint density at radius 3 is 2.79 bits per heavy atom. The van der Waals surface area contributed by atoms with Crippen molar-refractivity contribution in [1.29, 1.82) is 0 Å².